The third-order valence-electron chi connectivity index (χ3n) is 3.14. The fraction of sp³-hybridized carbons (Fsp3) is 0.923. The van der Waals surface area contributed by atoms with E-state index in [-0.39, 0.29) is 12.2 Å². The average molecular weight is 227 g/mol. The van der Waals surface area contributed by atoms with Gasteiger partial charge in [-0.15, -0.1) is 0 Å². The fourth-order valence-electron chi connectivity index (χ4n) is 2.77. The van der Waals surface area contributed by atoms with Crippen LogP contribution in [0, 0.1) is 11.3 Å². The second-order valence-corrected chi connectivity index (χ2v) is 5.87. The molecule has 0 radical (unpaired) electrons. The van der Waals surface area contributed by atoms with Crippen molar-refractivity contribution in [1.82, 2.24) is 5.32 Å². The molecular formula is C13H25NO2. The average Bonchev–Trinajstić information content (AvgIpc) is 2.11. The van der Waals surface area contributed by atoms with Crippen molar-refractivity contribution in [1.29, 1.82) is 0 Å². The Kier molecular flexibility index (Phi) is 4.63. The largest absolute Gasteiger partial charge is 0.446 e. The molecule has 3 nitrogen and oxygen atoms in total. The van der Waals surface area contributed by atoms with Gasteiger partial charge in [0.1, 0.15) is 6.10 Å². The summed E-state index contributed by atoms with van der Waals surface area (Å²) in [7, 11) is 0. The molecule has 0 saturated heterocycles. The first kappa shape index (κ1) is 13.3. The van der Waals surface area contributed by atoms with Crippen LogP contribution in [0.2, 0.25) is 0 Å². The highest BCUT2D eigenvalue weighted by Crippen LogP contribution is 2.39. The Morgan fingerprint density at radius 3 is 2.69 bits per heavy atom. The predicted molar refractivity (Wildman–Crippen MR) is 65.4 cm³/mol. The summed E-state index contributed by atoms with van der Waals surface area (Å²) < 4.78 is 5.45. The van der Waals surface area contributed by atoms with Gasteiger partial charge in [0.05, 0.1) is 0 Å². The number of hydrogen-bond donors (Lipinski definition) is 1. The number of ether oxygens (including phenoxy) is 1. The second-order valence-electron chi connectivity index (χ2n) is 5.87. The van der Waals surface area contributed by atoms with Crippen LogP contribution >= 0.6 is 0 Å². The van der Waals surface area contributed by atoms with Crippen molar-refractivity contribution in [2.75, 3.05) is 6.54 Å². The maximum Gasteiger partial charge on any atom is 0.407 e. The monoisotopic (exact) mass is 227 g/mol. The second kappa shape index (κ2) is 5.55. The molecule has 16 heavy (non-hydrogen) atoms. The van der Waals surface area contributed by atoms with Gasteiger partial charge in [0.25, 0.3) is 0 Å². The van der Waals surface area contributed by atoms with E-state index in [1.807, 2.05) is 6.92 Å². The molecule has 94 valence electrons. The summed E-state index contributed by atoms with van der Waals surface area (Å²) >= 11 is 0. The Bertz CT molecular complexity index is 238. The number of alkyl carbamates (subject to hydrolysis) is 1. The van der Waals surface area contributed by atoms with Gasteiger partial charge in [-0.2, -0.15) is 0 Å². The fourth-order valence-corrected chi connectivity index (χ4v) is 2.77. The van der Waals surface area contributed by atoms with Crippen LogP contribution in [0.25, 0.3) is 0 Å². The minimum absolute atomic E-state index is 0.0932. The summed E-state index contributed by atoms with van der Waals surface area (Å²) in [5, 5.41) is 2.76. The Morgan fingerprint density at radius 2 is 2.12 bits per heavy atom. The van der Waals surface area contributed by atoms with E-state index in [0.29, 0.717) is 17.9 Å². The smallest absolute Gasteiger partial charge is 0.407 e. The summed E-state index contributed by atoms with van der Waals surface area (Å²) in [6.07, 6.45) is 4.00. The lowest BCUT2D eigenvalue weighted by Gasteiger charge is -2.38. The topological polar surface area (TPSA) is 38.3 Å². The SMILES string of the molecule is CCCNC(=O)OC1CC(C)CC(C)(C)C1. The first-order chi connectivity index (χ1) is 7.43. The van der Waals surface area contributed by atoms with Crippen molar-refractivity contribution in [3.05, 3.63) is 0 Å². The van der Waals surface area contributed by atoms with Gasteiger partial charge in [0, 0.05) is 6.54 Å². The number of carbonyl (C=O) groups excluding carboxylic acids is 1. The van der Waals surface area contributed by atoms with Gasteiger partial charge in [0.2, 0.25) is 0 Å². The molecule has 1 saturated carbocycles. The van der Waals surface area contributed by atoms with E-state index >= 15 is 0 Å². The van der Waals surface area contributed by atoms with E-state index < -0.39 is 0 Å². The Labute approximate surface area is 98.9 Å². The summed E-state index contributed by atoms with van der Waals surface area (Å²) in [6, 6.07) is 0. The van der Waals surface area contributed by atoms with Crippen LogP contribution in [0.15, 0.2) is 0 Å². The van der Waals surface area contributed by atoms with Gasteiger partial charge in [-0.25, -0.2) is 4.79 Å². The van der Waals surface area contributed by atoms with Crippen LogP contribution in [-0.4, -0.2) is 18.7 Å². The van der Waals surface area contributed by atoms with Crippen molar-refractivity contribution in [3.8, 4) is 0 Å². The van der Waals surface area contributed by atoms with E-state index in [4.69, 9.17) is 4.74 Å². The molecular weight excluding hydrogens is 202 g/mol. The Hall–Kier alpha value is -0.730. The number of rotatable bonds is 3. The van der Waals surface area contributed by atoms with Crippen LogP contribution in [0.4, 0.5) is 4.79 Å². The summed E-state index contributed by atoms with van der Waals surface area (Å²) in [5.41, 5.74) is 0.299. The molecule has 0 aliphatic heterocycles. The quantitative estimate of drug-likeness (QED) is 0.803. The maximum atomic E-state index is 11.5. The molecule has 0 aromatic carbocycles. The van der Waals surface area contributed by atoms with Crippen LogP contribution in [0.3, 0.4) is 0 Å². The van der Waals surface area contributed by atoms with Gasteiger partial charge in [0.15, 0.2) is 0 Å². The lowest BCUT2D eigenvalue weighted by atomic mass is 9.71. The summed E-state index contributed by atoms with van der Waals surface area (Å²) in [5.74, 6) is 0.646. The molecule has 0 heterocycles. The highest BCUT2D eigenvalue weighted by molar-refractivity contribution is 5.67. The van der Waals surface area contributed by atoms with Gasteiger partial charge < -0.3 is 10.1 Å². The number of hydrogen-bond acceptors (Lipinski definition) is 2. The molecule has 1 amide bonds. The molecule has 3 heteroatoms. The van der Waals surface area contributed by atoms with Crippen LogP contribution < -0.4 is 5.32 Å². The molecule has 1 N–H and O–H groups in total. The molecule has 0 aromatic rings. The van der Waals surface area contributed by atoms with Crippen molar-refractivity contribution >= 4 is 6.09 Å². The standard InChI is InChI=1S/C13H25NO2/c1-5-6-14-12(15)16-11-7-10(2)8-13(3,4)9-11/h10-11H,5-9H2,1-4H3,(H,14,15). The van der Waals surface area contributed by atoms with E-state index in [0.717, 1.165) is 19.3 Å². The predicted octanol–water partition coefficient (Wildman–Crippen LogP) is 3.34. The van der Waals surface area contributed by atoms with Crippen molar-refractivity contribution < 1.29 is 9.53 Å². The van der Waals surface area contributed by atoms with Gasteiger partial charge >= 0.3 is 6.09 Å². The van der Waals surface area contributed by atoms with Crippen LogP contribution in [-0.2, 0) is 4.74 Å². The Balaban J connectivity index is 2.39. The number of nitrogens with one attached hydrogen (secondary N) is 1. The third-order valence-corrected chi connectivity index (χ3v) is 3.14. The molecule has 1 aliphatic carbocycles. The molecule has 1 aliphatic rings. The highest BCUT2D eigenvalue weighted by atomic mass is 16.6. The Morgan fingerprint density at radius 1 is 1.44 bits per heavy atom. The minimum atomic E-state index is -0.253. The van der Waals surface area contributed by atoms with E-state index in [9.17, 15) is 4.79 Å². The van der Waals surface area contributed by atoms with E-state index in [1.54, 1.807) is 0 Å². The molecule has 0 bridgehead atoms. The molecule has 1 rings (SSSR count). The maximum absolute atomic E-state index is 11.5. The van der Waals surface area contributed by atoms with Crippen molar-refractivity contribution in [2.24, 2.45) is 11.3 Å². The molecule has 0 spiro atoms. The van der Waals surface area contributed by atoms with Crippen LogP contribution in [0.1, 0.15) is 53.4 Å². The first-order valence-electron chi connectivity index (χ1n) is 6.37. The highest BCUT2D eigenvalue weighted by Gasteiger charge is 2.33. The summed E-state index contributed by atoms with van der Waals surface area (Å²) in [6.45, 7) is 9.48. The zero-order chi connectivity index (χ0) is 12.2. The third kappa shape index (κ3) is 4.42. The first-order valence-corrected chi connectivity index (χ1v) is 6.37. The zero-order valence-corrected chi connectivity index (χ0v) is 11.0. The van der Waals surface area contributed by atoms with Crippen molar-refractivity contribution in [3.63, 3.8) is 0 Å². The van der Waals surface area contributed by atoms with Gasteiger partial charge in [-0.05, 0) is 37.0 Å². The van der Waals surface area contributed by atoms with Crippen molar-refractivity contribution in [2.45, 2.75) is 59.5 Å². The summed E-state index contributed by atoms with van der Waals surface area (Å²) in [4.78, 5) is 11.5. The lowest BCUT2D eigenvalue weighted by molar-refractivity contribution is 0.0188. The normalized spacial score (nSPS) is 28.5. The number of amides is 1. The lowest BCUT2D eigenvalue weighted by Crippen LogP contribution is -2.37. The molecule has 2 unspecified atom stereocenters. The zero-order valence-electron chi connectivity index (χ0n) is 11.0. The van der Waals surface area contributed by atoms with E-state index in [1.165, 1.54) is 6.42 Å². The van der Waals surface area contributed by atoms with E-state index in [2.05, 4.69) is 26.1 Å². The van der Waals surface area contributed by atoms with Gasteiger partial charge in [-0.3, -0.25) is 0 Å². The van der Waals surface area contributed by atoms with Crippen LogP contribution in [0.5, 0.6) is 0 Å². The van der Waals surface area contributed by atoms with Gasteiger partial charge in [-0.1, -0.05) is 27.7 Å². The molecule has 1 fully saturated rings. The minimum Gasteiger partial charge on any atom is -0.446 e. The molecule has 0 aromatic heterocycles. The number of carbonyl (C=O) groups is 1. The molecule has 2 atom stereocenters.